The van der Waals surface area contributed by atoms with E-state index in [-0.39, 0.29) is 0 Å². The van der Waals surface area contributed by atoms with E-state index < -0.39 is 8.07 Å². The van der Waals surface area contributed by atoms with E-state index in [1.54, 1.807) is 0 Å². The van der Waals surface area contributed by atoms with Crippen molar-refractivity contribution in [1.29, 1.82) is 0 Å². The Kier molecular flexibility index (Phi) is 2.20. The van der Waals surface area contributed by atoms with Crippen molar-refractivity contribution in [2.75, 3.05) is 13.2 Å². The first-order valence-corrected chi connectivity index (χ1v) is 7.63. The lowest BCUT2D eigenvalue weighted by Crippen LogP contribution is -2.49. The average molecular weight is 157 g/mol. The first-order chi connectivity index (χ1) is 4.51. The van der Waals surface area contributed by atoms with E-state index in [4.69, 9.17) is 0 Å². The molecule has 1 aliphatic rings. The zero-order chi connectivity index (χ0) is 7.78. The molecule has 1 rings (SSSR count). The van der Waals surface area contributed by atoms with Crippen LogP contribution in [0.25, 0.3) is 0 Å². The largest absolute Gasteiger partial charge is 0.306 e. The van der Waals surface area contributed by atoms with Gasteiger partial charge in [-0.25, -0.2) is 0 Å². The molecule has 0 spiro atoms. The first-order valence-electron chi connectivity index (χ1n) is 4.21. The van der Waals surface area contributed by atoms with Crippen LogP contribution < -0.4 is 0 Å². The van der Waals surface area contributed by atoms with Gasteiger partial charge < -0.3 is 4.90 Å². The molecule has 1 heterocycles. The molecule has 1 aliphatic heterocycles. The second-order valence-electron chi connectivity index (χ2n) is 4.47. The van der Waals surface area contributed by atoms with E-state index in [0.29, 0.717) is 0 Å². The minimum atomic E-state index is -0.769. The molecule has 1 atom stereocenters. The summed E-state index contributed by atoms with van der Waals surface area (Å²) in [5, 5.41) is 0. The standard InChI is InChI=1S/C8H19NSi/c1-8-5-6-10(3,4)7-9(8)2/h8H,5-7H2,1-4H3. The topological polar surface area (TPSA) is 3.24 Å². The number of nitrogens with zero attached hydrogens (tertiary/aromatic N) is 1. The van der Waals surface area contributed by atoms with Crippen molar-refractivity contribution in [3.63, 3.8) is 0 Å². The molecule has 1 nitrogen and oxygen atoms in total. The summed E-state index contributed by atoms with van der Waals surface area (Å²) < 4.78 is 0. The third-order valence-electron chi connectivity index (χ3n) is 2.67. The zero-order valence-corrected chi connectivity index (χ0v) is 8.65. The van der Waals surface area contributed by atoms with Crippen molar-refractivity contribution in [3.05, 3.63) is 0 Å². The molecule has 1 unspecified atom stereocenters. The van der Waals surface area contributed by atoms with Gasteiger partial charge in [0, 0.05) is 6.04 Å². The second-order valence-corrected chi connectivity index (χ2v) is 9.61. The van der Waals surface area contributed by atoms with E-state index >= 15 is 0 Å². The Hall–Kier alpha value is 0.177. The summed E-state index contributed by atoms with van der Waals surface area (Å²) in [7, 11) is 1.49. The smallest absolute Gasteiger partial charge is 0.0630 e. The molecule has 0 aliphatic carbocycles. The first kappa shape index (κ1) is 8.28. The van der Waals surface area contributed by atoms with Gasteiger partial charge in [0.25, 0.3) is 0 Å². The Morgan fingerprint density at radius 2 is 2.00 bits per heavy atom. The maximum atomic E-state index is 2.52. The van der Waals surface area contributed by atoms with Gasteiger partial charge >= 0.3 is 0 Å². The summed E-state index contributed by atoms with van der Waals surface area (Å²) in [6, 6.07) is 2.36. The molecule has 0 saturated carbocycles. The molecular weight excluding hydrogens is 138 g/mol. The highest BCUT2D eigenvalue weighted by Crippen LogP contribution is 2.22. The van der Waals surface area contributed by atoms with Crippen molar-refractivity contribution in [1.82, 2.24) is 4.90 Å². The van der Waals surface area contributed by atoms with E-state index in [9.17, 15) is 0 Å². The molecule has 0 amide bonds. The molecular formula is C8H19NSi. The van der Waals surface area contributed by atoms with Gasteiger partial charge in [0.2, 0.25) is 0 Å². The lowest BCUT2D eigenvalue weighted by molar-refractivity contribution is 0.270. The molecule has 60 valence electrons. The number of hydrogen-bond acceptors (Lipinski definition) is 1. The predicted molar refractivity (Wildman–Crippen MR) is 49.0 cm³/mol. The quantitative estimate of drug-likeness (QED) is 0.486. The van der Waals surface area contributed by atoms with Gasteiger partial charge in [-0.1, -0.05) is 19.1 Å². The maximum absolute atomic E-state index is 2.52. The minimum absolute atomic E-state index is 0.769. The molecule has 0 aromatic carbocycles. The molecule has 2 heteroatoms. The van der Waals surface area contributed by atoms with Gasteiger partial charge in [-0.15, -0.1) is 0 Å². The van der Waals surface area contributed by atoms with Crippen LogP contribution in [0.15, 0.2) is 0 Å². The molecule has 10 heavy (non-hydrogen) atoms. The molecule has 0 bridgehead atoms. The Bertz CT molecular complexity index is 122. The highest BCUT2D eigenvalue weighted by molar-refractivity contribution is 6.77. The molecule has 1 saturated heterocycles. The van der Waals surface area contributed by atoms with Crippen LogP contribution in [0.3, 0.4) is 0 Å². The molecule has 0 aromatic heterocycles. The summed E-state index contributed by atoms with van der Waals surface area (Å²) >= 11 is 0. The summed E-state index contributed by atoms with van der Waals surface area (Å²) in [5.41, 5.74) is 0. The van der Waals surface area contributed by atoms with Crippen molar-refractivity contribution in [2.45, 2.75) is 38.5 Å². The van der Waals surface area contributed by atoms with Crippen LogP contribution >= 0.6 is 0 Å². The second kappa shape index (κ2) is 2.66. The van der Waals surface area contributed by atoms with E-state index in [1.807, 2.05) is 0 Å². The monoisotopic (exact) mass is 157 g/mol. The Balaban J connectivity index is 2.49. The van der Waals surface area contributed by atoms with Crippen LogP contribution in [0.4, 0.5) is 0 Å². The average Bonchev–Trinajstić information content (AvgIpc) is 1.79. The summed E-state index contributed by atoms with van der Waals surface area (Å²) in [5.74, 6) is 0. The third-order valence-corrected chi connectivity index (χ3v) is 5.67. The Morgan fingerprint density at radius 1 is 1.40 bits per heavy atom. The minimum Gasteiger partial charge on any atom is -0.306 e. The molecule has 0 aromatic rings. The molecule has 0 N–H and O–H groups in total. The highest BCUT2D eigenvalue weighted by Gasteiger charge is 2.29. The van der Waals surface area contributed by atoms with Crippen LogP contribution in [0.5, 0.6) is 0 Å². The fourth-order valence-corrected chi connectivity index (χ4v) is 4.75. The normalized spacial score (nSPS) is 34.2. The zero-order valence-electron chi connectivity index (χ0n) is 7.65. The Labute approximate surface area is 65.4 Å². The van der Waals surface area contributed by atoms with Crippen LogP contribution in [0.1, 0.15) is 13.3 Å². The summed E-state index contributed by atoms with van der Waals surface area (Å²) in [6.07, 6.45) is 2.82. The van der Waals surface area contributed by atoms with Crippen molar-refractivity contribution >= 4 is 8.07 Å². The van der Waals surface area contributed by atoms with E-state index in [1.165, 1.54) is 18.6 Å². The van der Waals surface area contributed by atoms with Crippen LogP contribution in [-0.4, -0.2) is 32.2 Å². The van der Waals surface area contributed by atoms with Crippen molar-refractivity contribution in [3.8, 4) is 0 Å². The van der Waals surface area contributed by atoms with Crippen molar-refractivity contribution < 1.29 is 0 Å². The highest BCUT2D eigenvalue weighted by atomic mass is 28.3. The van der Waals surface area contributed by atoms with Gasteiger partial charge in [-0.2, -0.15) is 0 Å². The van der Waals surface area contributed by atoms with Gasteiger partial charge in [-0.05, 0) is 26.6 Å². The maximum Gasteiger partial charge on any atom is 0.0630 e. The SMILES string of the molecule is CC1CC[Si](C)(C)CN1C. The molecule has 1 fully saturated rings. The van der Waals surface area contributed by atoms with E-state index in [0.717, 1.165) is 6.04 Å². The lowest BCUT2D eigenvalue weighted by atomic mass is 10.2. The lowest BCUT2D eigenvalue weighted by Gasteiger charge is -2.39. The van der Waals surface area contributed by atoms with E-state index in [2.05, 4.69) is 32.0 Å². The number of hydrogen-bond donors (Lipinski definition) is 0. The van der Waals surface area contributed by atoms with Crippen LogP contribution in [0, 0.1) is 0 Å². The van der Waals surface area contributed by atoms with Gasteiger partial charge in [0.15, 0.2) is 0 Å². The third kappa shape index (κ3) is 1.83. The van der Waals surface area contributed by atoms with Gasteiger partial charge in [0.1, 0.15) is 0 Å². The van der Waals surface area contributed by atoms with Crippen LogP contribution in [-0.2, 0) is 0 Å². The summed E-state index contributed by atoms with van der Waals surface area (Å²) in [4.78, 5) is 2.52. The van der Waals surface area contributed by atoms with Gasteiger partial charge in [-0.3, -0.25) is 0 Å². The van der Waals surface area contributed by atoms with Crippen molar-refractivity contribution in [2.24, 2.45) is 0 Å². The molecule has 0 radical (unpaired) electrons. The van der Waals surface area contributed by atoms with Crippen LogP contribution in [0.2, 0.25) is 19.1 Å². The number of rotatable bonds is 0. The fraction of sp³-hybridized carbons (Fsp3) is 1.00. The fourth-order valence-electron chi connectivity index (χ4n) is 1.73. The van der Waals surface area contributed by atoms with Gasteiger partial charge in [0.05, 0.1) is 8.07 Å². The Morgan fingerprint density at radius 3 is 2.40 bits per heavy atom. The summed E-state index contributed by atoms with van der Waals surface area (Å²) in [6.45, 7) is 7.33. The predicted octanol–water partition coefficient (Wildman–Crippen LogP) is 1.96.